The third kappa shape index (κ3) is 4.10. The van der Waals surface area contributed by atoms with Gasteiger partial charge >= 0.3 is 0 Å². The first-order chi connectivity index (χ1) is 9.58. The van der Waals surface area contributed by atoms with Gasteiger partial charge in [0.15, 0.2) is 5.78 Å². The zero-order valence-corrected chi connectivity index (χ0v) is 13.6. The number of benzene rings is 1. The van der Waals surface area contributed by atoms with E-state index in [1.807, 2.05) is 11.8 Å². The molecule has 110 valence electrons. The molecule has 1 aromatic carbocycles. The molecule has 1 aromatic rings. The number of thioether (sulfide) groups is 1. The number of piperidine rings is 1. The molecule has 0 saturated carbocycles. The Labute approximate surface area is 126 Å². The van der Waals surface area contributed by atoms with Gasteiger partial charge in [-0.25, -0.2) is 0 Å². The van der Waals surface area contributed by atoms with Crippen molar-refractivity contribution in [2.75, 3.05) is 18.8 Å². The lowest BCUT2D eigenvalue weighted by molar-refractivity contribution is 0.0896. The van der Waals surface area contributed by atoms with Crippen LogP contribution in [0.3, 0.4) is 0 Å². The molecule has 1 aliphatic heterocycles. The SMILES string of the molecule is Cc1ccc(SCC(C)C)c(C(=O)C2CCCNC2)c1. The number of ketones is 1. The van der Waals surface area contributed by atoms with Gasteiger partial charge in [-0.2, -0.15) is 0 Å². The van der Waals surface area contributed by atoms with Gasteiger partial charge in [0, 0.05) is 28.7 Å². The number of hydrogen-bond acceptors (Lipinski definition) is 3. The van der Waals surface area contributed by atoms with Crippen LogP contribution in [-0.2, 0) is 0 Å². The smallest absolute Gasteiger partial charge is 0.168 e. The van der Waals surface area contributed by atoms with Crippen molar-refractivity contribution in [1.29, 1.82) is 0 Å². The van der Waals surface area contributed by atoms with Crippen LogP contribution in [-0.4, -0.2) is 24.6 Å². The van der Waals surface area contributed by atoms with Crippen molar-refractivity contribution in [2.24, 2.45) is 11.8 Å². The molecule has 0 bridgehead atoms. The molecule has 1 N–H and O–H groups in total. The summed E-state index contributed by atoms with van der Waals surface area (Å²) < 4.78 is 0. The van der Waals surface area contributed by atoms with E-state index in [-0.39, 0.29) is 5.92 Å². The monoisotopic (exact) mass is 291 g/mol. The Morgan fingerprint density at radius 1 is 1.45 bits per heavy atom. The van der Waals surface area contributed by atoms with Crippen LogP contribution in [0.5, 0.6) is 0 Å². The van der Waals surface area contributed by atoms with E-state index in [1.165, 1.54) is 5.56 Å². The molecule has 3 heteroatoms. The summed E-state index contributed by atoms with van der Waals surface area (Å²) in [5, 5.41) is 3.34. The van der Waals surface area contributed by atoms with E-state index in [2.05, 4.69) is 44.3 Å². The second kappa shape index (κ2) is 7.28. The highest BCUT2D eigenvalue weighted by Crippen LogP contribution is 2.29. The highest BCUT2D eigenvalue weighted by atomic mass is 32.2. The number of rotatable bonds is 5. The third-order valence-corrected chi connectivity index (χ3v) is 5.14. The van der Waals surface area contributed by atoms with Gasteiger partial charge in [-0.3, -0.25) is 4.79 Å². The maximum Gasteiger partial charge on any atom is 0.168 e. The predicted octanol–water partition coefficient (Wildman–Crippen LogP) is 3.93. The first-order valence-electron chi connectivity index (χ1n) is 7.56. The van der Waals surface area contributed by atoms with Crippen LogP contribution >= 0.6 is 11.8 Å². The molecule has 0 aromatic heterocycles. The van der Waals surface area contributed by atoms with Crippen LogP contribution in [0.1, 0.15) is 42.6 Å². The minimum atomic E-state index is 0.156. The topological polar surface area (TPSA) is 29.1 Å². The number of carbonyl (C=O) groups is 1. The van der Waals surface area contributed by atoms with Gasteiger partial charge in [-0.05, 0) is 44.4 Å². The lowest BCUT2D eigenvalue weighted by atomic mass is 9.90. The second-order valence-electron chi connectivity index (χ2n) is 6.11. The van der Waals surface area contributed by atoms with Crippen molar-refractivity contribution in [3.05, 3.63) is 29.3 Å². The molecule has 1 heterocycles. The van der Waals surface area contributed by atoms with Crippen LogP contribution in [0.15, 0.2) is 23.1 Å². The van der Waals surface area contributed by atoms with E-state index in [9.17, 15) is 4.79 Å². The van der Waals surface area contributed by atoms with E-state index < -0.39 is 0 Å². The molecule has 2 rings (SSSR count). The van der Waals surface area contributed by atoms with Crippen molar-refractivity contribution in [1.82, 2.24) is 5.32 Å². The number of aryl methyl sites for hydroxylation is 1. The summed E-state index contributed by atoms with van der Waals surface area (Å²) in [4.78, 5) is 13.9. The summed E-state index contributed by atoms with van der Waals surface area (Å²) in [7, 11) is 0. The number of hydrogen-bond donors (Lipinski definition) is 1. The lowest BCUT2D eigenvalue weighted by Crippen LogP contribution is -2.34. The van der Waals surface area contributed by atoms with Crippen LogP contribution in [0.4, 0.5) is 0 Å². The Balaban J connectivity index is 2.19. The molecular formula is C17H25NOS. The van der Waals surface area contributed by atoms with Crippen molar-refractivity contribution >= 4 is 17.5 Å². The number of carbonyl (C=O) groups excluding carboxylic acids is 1. The van der Waals surface area contributed by atoms with E-state index in [1.54, 1.807) is 0 Å². The molecule has 20 heavy (non-hydrogen) atoms. The first-order valence-corrected chi connectivity index (χ1v) is 8.55. The van der Waals surface area contributed by atoms with Gasteiger partial charge in [0.2, 0.25) is 0 Å². The summed E-state index contributed by atoms with van der Waals surface area (Å²) in [6.07, 6.45) is 2.13. The van der Waals surface area contributed by atoms with Gasteiger partial charge in [0.1, 0.15) is 0 Å². The lowest BCUT2D eigenvalue weighted by Gasteiger charge is -2.22. The van der Waals surface area contributed by atoms with Gasteiger partial charge in [0.25, 0.3) is 0 Å². The highest BCUT2D eigenvalue weighted by molar-refractivity contribution is 7.99. The van der Waals surface area contributed by atoms with Gasteiger partial charge in [0.05, 0.1) is 0 Å². The van der Waals surface area contributed by atoms with E-state index in [0.717, 1.165) is 42.1 Å². The van der Waals surface area contributed by atoms with Crippen molar-refractivity contribution < 1.29 is 4.79 Å². The minimum Gasteiger partial charge on any atom is -0.316 e. The summed E-state index contributed by atoms with van der Waals surface area (Å²) in [5.74, 6) is 2.18. The Morgan fingerprint density at radius 2 is 2.25 bits per heavy atom. The minimum absolute atomic E-state index is 0.156. The average molecular weight is 291 g/mol. The largest absolute Gasteiger partial charge is 0.316 e. The van der Waals surface area contributed by atoms with Crippen LogP contribution in [0, 0.1) is 18.8 Å². The second-order valence-corrected chi connectivity index (χ2v) is 7.17. The molecule has 2 nitrogen and oxygen atoms in total. The summed E-state index contributed by atoms with van der Waals surface area (Å²) in [6, 6.07) is 6.30. The standard InChI is InChI=1S/C17H25NOS/c1-12(2)11-20-16-7-6-13(3)9-15(16)17(19)14-5-4-8-18-10-14/h6-7,9,12,14,18H,4-5,8,10-11H2,1-3H3. The molecule has 1 unspecified atom stereocenters. The number of nitrogens with one attached hydrogen (secondary N) is 1. The molecule has 0 aliphatic carbocycles. The van der Waals surface area contributed by atoms with Gasteiger partial charge in [-0.1, -0.05) is 25.5 Å². The molecule has 0 radical (unpaired) electrons. The summed E-state index contributed by atoms with van der Waals surface area (Å²) >= 11 is 1.81. The average Bonchev–Trinajstić information content (AvgIpc) is 2.46. The zero-order valence-electron chi connectivity index (χ0n) is 12.7. The predicted molar refractivity (Wildman–Crippen MR) is 86.7 cm³/mol. The van der Waals surface area contributed by atoms with Crippen LogP contribution in [0.25, 0.3) is 0 Å². The van der Waals surface area contributed by atoms with Crippen LogP contribution in [0.2, 0.25) is 0 Å². The van der Waals surface area contributed by atoms with Crippen molar-refractivity contribution in [2.45, 2.75) is 38.5 Å². The number of Topliss-reactive ketones (excluding diaryl/α,β-unsaturated/α-hetero) is 1. The zero-order chi connectivity index (χ0) is 14.5. The fraction of sp³-hybridized carbons (Fsp3) is 0.588. The third-order valence-electron chi connectivity index (χ3n) is 3.64. The van der Waals surface area contributed by atoms with Crippen molar-refractivity contribution in [3.8, 4) is 0 Å². The Kier molecular flexibility index (Phi) is 5.67. The van der Waals surface area contributed by atoms with Crippen molar-refractivity contribution in [3.63, 3.8) is 0 Å². The maximum atomic E-state index is 12.8. The Hall–Kier alpha value is -0.800. The molecule has 1 aliphatic rings. The molecular weight excluding hydrogens is 266 g/mol. The fourth-order valence-corrected chi connectivity index (χ4v) is 3.51. The van der Waals surface area contributed by atoms with Gasteiger partial charge in [-0.15, -0.1) is 11.8 Å². The molecule has 0 spiro atoms. The summed E-state index contributed by atoms with van der Waals surface area (Å²) in [6.45, 7) is 8.38. The maximum absolute atomic E-state index is 12.8. The Bertz CT molecular complexity index is 464. The molecule has 1 saturated heterocycles. The molecule has 1 fully saturated rings. The first kappa shape index (κ1) is 15.6. The summed E-state index contributed by atoms with van der Waals surface area (Å²) in [5.41, 5.74) is 2.11. The van der Waals surface area contributed by atoms with Crippen LogP contribution < -0.4 is 5.32 Å². The quantitative estimate of drug-likeness (QED) is 0.658. The van der Waals surface area contributed by atoms with E-state index >= 15 is 0 Å². The molecule has 0 amide bonds. The highest BCUT2D eigenvalue weighted by Gasteiger charge is 2.24. The van der Waals surface area contributed by atoms with E-state index in [4.69, 9.17) is 0 Å². The normalized spacial score (nSPS) is 19.3. The van der Waals surface area contributed by atoms with Gasteiger partial charge < -0.3 is 5.32 Å². The Morgan fingerprint density at radius 3 is 2.90 bits per heavy atom. The molecule has 1 atom stereocenters. The van der Waals surface area contributed by atoms with E-state index in [0.29, 0.717) is 11.7 Å². The fourth-order valence-electron chi connectivity index (χ4n) is 2.51.